The molecule has 0 aliphatic carbocycles. The van der Waals surface area contributed by atoms with E-state index >= 15 is 0 Å². The summed E-state index contributed by atoms with van der Waals surface area (Å²) in [4.78, 5) is 5.07. The molecular weight excluding hydrogens is 350 g/mol. The van der Waals surface area contributed by atoms with Gasteiger partial charge in [0.15, 0.2) is 0 Å². The third-order valence-corrected chi connectivity index (χ3v) is 10.9. The van der Waals surface area contributed by atoms with Crippen molar-refractivity contribution in [2.24, 2.45) is 0 Å². The monoisotopic (exact) mass is 369 g/mol. The number of hydrogen-bond donors (Lipinski definition) is 0. The maximum Gasteiger partial charge on any atom is 0.148 e. The van der Waals surface area contributed by atoms with Crippen molar-refractivity contribution < 1.29 is 0 Å². The Morgan fingerprint density at radius 1 is 0.692 bits per heavy atom. The van der Waals surface area contributed by atoms with Crippen LogP contribution < -0.4 is 9.82 Å². The van der Waals surface area contributed by atoms with E-state index in [1.54, 1.807) is 0 Å². The second kappa shape index (κ2) is 5.76. The Labute approximate surface area is 158 Å². The highest BCUT2D eigenvalue weighted by molar-refractivity contribution is 7.32. The third-order valence-electron chi connectivity index (χ3n) is 5.26. The molecule has 0 amide bonds. The lowest BCUT2D eigenvalue weighted by atomic mass is 10.1. The van der Waals surface area contributed by atoms with Gasteiger partial charge >= 0.3 is 0 Å². The molecule has 0 aliphatic heterocycles. The quantitative estimate of drug-likeness (QED) is 0.378. The molecule has 3 heteroatoms. The van der Waals surface area contributed by atoms with Crippen LogP contribution >= 0.6 is 11.3 Å². The summed E-state index contributed by atoms with van der Waals surface area (Å²) in [7, 11) is -1.82. The molecule has 26 heavy (non-hydrogen) atoms. The van der Waals surface area contributed by atoms with Crippen LogP contribution in [0.25, 0.3) is 31.8 Å². The summed E-state index contributed by atoms with van der Waals surface area (Å²) in [5.41, 5.74) is 1.13. The lowest BCUT2D eigenvalue weighted by molar-refractivity contribution is 1.53. The van der Waals surface area contributed by atoms with E-state index in [1.165, 1.54) is 36.1 Å². The maximum absolute atomic E-state index is 5.07. The minimum absolute atomic E-state index is 1.13. The van der Waals surface area contributed by atoms with Crippen LogP contribution in [0.1, 0.15) is 0 Å². The van der Waals surface area contributed by atoms with Crippen molar-refractivity contribution in [3.8, 4) is 0 Å². The van der Waals surface area contributed by atoms with Gasteiger partial charge < -0.3 is 0 Å². The summed E-state index contributed by atoms with van der Waals surface area (Å²) >= 11 is 1.87. The van der Waals surface area contributed by atoms with Gasteiger partial charge in [-0.15, -0.1) is 11.3 Å². The molecule has 0 spiro atoms. The fraction of sp³-hybridized carbons (Fsp3) is 0.0870. The number of nitrogens with zero attached hydrogens (tertiary/aromatic N) is 1. The Bertz CT molecular complexity index is 1220. The van der Waals surface area contributed by atoms with Crippen LogP contribution in [0.2, 0.25) is 13.1 Å². The van der Waals surface area contributed by atoms with Crippen LogP contribution in [0, 0.1) is 0 Å². The average Bonchev–Trinajstić information content (AvgIpc) is 3.09. The predicted molar refractivity (Wildman–Crippen MR) is 118 cm³/mol. The van der Waals surface area contributed by atoms with Crippen molar-refractivity contribution in [3.05, 3.63) is 78.9 Å². The molecule has 5 aromatic rings. The van der Waals surface area contributed by atoms with Crippen LogP contribution in [-0.4, -0.2) is 13.1 Å². The van der Waals surface area contributed by atoms with E-state index in [0.717, 1.165) is 5.52 Å². The first-order valence-electron chi connectivity index (χ1n) is 8.90. The fourth-order valence-corrected chi connectivity index (χ4v) is 7.70. The summed E-state index contributed by atoms with van der Waals surface area (Å²) in [6, 6.07) is 28.6. The Morgan fingerprint density at radius 2 is 1.31 bits per heavy atom. The molecule has 126 valence electrons. The van der Waals surface area contributed by atoms with Gasteiger partial charge in [0.05, 0.1) is 14.8 Å². The molecule has 0 saturated heterocycles. The average molecular weight is 370 g/mol. The normalized spacial score (nSPS) is 12.2. The number of fused-ring (bicyclic) bond motifs is 3. The SMILES string of the molecule is C[Si](C)(c1ccc2ccccc2c1)c1nc2cc3ccccc3cc2s1. The molecule has 0 saturated carbocycles. The molecule has 0 fully saturated rings. The topological polar surface area (TPSA) is 12.9 Å². The van der Waals surface area contributed by atoms with Crippen LogP contribution in [-0.2, 0) is 0 Å². The van der Waals surface area contributed by atoms with Crippen LogP contribution in [0.3, 0.4) is 0 Å². The molecule has 4 aromatic carbocycles. The molecule has 0 N–H and O–H groups in total. The molecule has 0 aliphatic rings. The van der Waals surface area contributed by atoms with Crippen molar-refractivity contribution in [2.45, 2.75) is 13.1 Å². The summed E-state index contributed by atoms with van der Waals surface area (Å²) in [6.07, 6.45) is 0. The van der Waals surface area contributed by atoms with Crippen LogP contribution in [0.4, 0.5) is 0 Å². The Hall–Kier alpha value is -2.49. The number of aromatic nitrogens is 1. The van der Waals surface area contributed by atoms with Gasteiger partial charge in [0, 0.05) is 0 Å². The van der Waals surface area contributed by atoms with Crippen molar-refractivity contribution >= 4 is 61.0 Å². The minimum atomic E-state index is -1.82. The third kappa shape index (κ3) is 2.47. The molecule has 1 heterocycles. The van der Waals surface area contributed by atoms with E-state index in [1.807, 2.05) is 11.3 Å². The molecule has 0 atom stereocenters. The Kier molecular flexibility index (Phi) is 3.49. The van der Waals surface area contributed by atoms with E-state index in [4.69, 9.17) is 4.98 Å². The van der Waals surface area contributed by atoms with Crippen LogP contribution in [0.5, 0.6) is 0 Å². The van der Waals surface area contributed by atoms with Gasteiger partial charge in [0.25, 0.3) is 0 Å². The number of thiazole rings is 1. The first kappa shape index (κ1) is 15.7. The van der Waals surface area contributed by atoms with E-state index in [-0.39, 0.29) is 0 Å². The zero-order chi connectivity index (χ0) is 17.7. The van der Waals surface area contributed by atoms with Crippen molar-refractivity contribution in [2.75, 3.05) is 0 Å². The van der Waals surface area contributed by atoms with Gasteiger partial charge in [-0.25, -0.2) is 4.98 Å². The van der Waals surface area contributed by atoms with Crippen LogP contribution in [0.15, 0.2) is 78.9 Å². The molecular formula is C23H19NSSi. The van der Waals surface area contributed by atoms with Gasteiger partial charge in [0.1, 0.15) is 8.07 Å². The zero-order valence-electron chi connectivity index (χ0n) is 14.9. The zero-order valence-corrected chi connectivity index (χ0v) is 16.7. The van der Waals surface area contributed by atoms with E-state index in [0.29, 0.717) is 0 Å². The first-order valence-corrected chi connectivity index (χ1v) is 12.7. The highest BCUT2D eigenvalue weighted by atomic mass is 32.1. The van der Waals surface area contributed by atoms with E-state index in [2.05, 4.69) is 92.0 Å². The van der Waals surface area contributed by atoms with E-state index in [9.17, 15) is 0 Å². The van der Waals surface area contributed by atoms with Crippen molar-refractivity contribution in [1.82, 2.24) is 4.98 Å². The largest absolute Gasteiger partial charge is 0.246 e. The Morgan fingerprint density at radius 3 is 2.04 bits per heavy atom. The molecule has 1 nitrogen and oxygen atoms in total. The molecule has 1 aromatic heterocycles. The first-order chi connectivity index (χ1) is 12.6. The second-order valence-corrected chi connectivity index (χ2v) is 13.1. The highest BCUT2D eigenvalue weighted by Gasteiger charge is 2.30. The van der Waals surface area contributed by atoms with Crippen molar-refractivity contribution in [3.63, 3.8) is 0 Å². The number of hydrogen-bond acceptors (Lipinski definition) is 2. The molecule has 0 bridgehead atoms. The van der Waals surface area contributed by atoms with Crippen molar-refractivity contribution in [1.29, 1.82) is 0 Å². The smallest absolute Gasteiger partial charge is 0.148 e. The summed E-state index contributed by atoms with van der Waals surface area (Å²) in [5.74, 6) is 0. The van der Waals surface area contributed by atoms with Gasteiger partial charge in [-0.1, -0.05) is 85.0 Å². The van der Waals surface area contributed by atoms with E-state index < -0.39 is 8.07 Å². The summed E-state index contributed by atoms with van der Waals surface area (Å²) in [5, 5.41) is 6.62. The molecule has 0 radical (unpaired) electrons. The highest BCUT2D eigenvalue weighted by Crippen LogP contribution is 2.25. The predicted octanol–water partition coefficient (Wildman–Crippen LogP) is 5.43. The summed E-state index contributed by atoms with van der Waals surface area (Å²) in [6.45, 7) is 4.82. The van der Waals surface area contributed by atoms with Gasteiger partial charge in [-0.05, 0) is 33.7 Å². The number of benzene rings is 4. The maximum atomic E-state index is 5.07. The van der Waals surface area contributed by atoms with Gasteiger partial charge in [0.2, 0.25) is 0 Å². The second-order valence-electron chi connectivity index (χ2n) is 7.37. The standard InChI is InChI=1S/C23H19NSSi/c1-26(2,20-12-11-16-7-3-4-8-17(16)13-20)23-24-21-14-18-9-5-6-10-19(18)15-22(21)25-23/h3-15H,1-2H3. The van der Waals surface area contributed by atoms with Gasteiger partial charge in [-0.2, -0.15) is 0 Å². The summed E-state index contributed by atoms with van der Waals surface area (Å²) < 4.78 is 2.60. The molecule has 0 unspecified atom stereocenters. The fourth-order valence-electron chi connectivity index (χ4n) is 3.58. The Balaban J connectivity index is 1.67. The molecule has 5 rings (SSSR count). The minimum Gasteiger partial charge on any atom is -0.246 e. The number of rotatable bonds is 2. The van der Waals surface area contributed by atoms with Gasteiger partial charge in [-0.3, -0.25) is 0 Å². The lowest BCUT2D eigenvalue weighted by Crippen LogP contribution is -2.52. The lowest BCUT2D eigenvalue weighted by Gasteiger charge is -2.20.